The van der Waals surface area contributed by atoms with E-state index in [1.54, 1.807) is 0 Å². The first kappa shape index (κ1) is 12.7. The molecule has 0 spiro atoms. The largest absolute Gasteiger partial charge is 0.481 e. The maximum absolute atomic E-state index is 10.4. The van der Waals surface area contributed by atoms with Gasteiger partial charge in [0.2, 0.25) is 0 Å². The first-order valence-corrected chi connectivity index (χ1v) is 5.93. The summed E-state index contributed by atoms with van der Waals surface area (Å²) in [6, 6.07) is 2.45. The molecule has 0 aliphatic rings. The zero-order valence-electron chi connectivity index (χ0n) is 10.0. The number of aryl methyl sites for hydroxylation is 1. The van der Waals surface area contributed by atoms with E-state index in [9.17, 15) is 4.79 Å². The fraction of sp³-hybridized carbons (Fsp3) is 0.667. The molecule has 1 N–H and O–H groups in total. The smallest absolute Gasteiger partial charge is 0.303 e. The Morgan fingerprint density at radius 1 is 1.50 bits per heavy atom. The van der Waals surface area contributed by atoms with Crippen molar-refractivity contribution in [2.45, 2.75) is 52.0 Å². The Morgan fingerprint density at radius 2 is 2.19 bits per heavy atom. The van der Waals surface area contributed by atoms with E-state index in [0.717, 1.165) is 25.0 Å². The highest BCUT2D eigenvalue weighted by atomic mass is 16.4. The van der Waals surface area contributed by atoms with Gasteiger partial charge in [0, 0.05) is 12.6 Å². The molecule has 0 amide bonds. The molecule has 16 heavy (non-hydrogen) atoms. The molecule has 0 radical (unpaired) electrons. The monoisotopic (exact) mass is 224 g/mol. The third kappa shape index (κ3) is 3.68. The van der Waals surface area contributed by atoms with Gasteiger partial charge in [-0.2, -0.15) is 5.10 Å². The number of aromatic nitrogens is 2. The molecular formula is C12H20N2O2. The average molecular weight is 224 g/mol. The summed E-state index contributed by atoms with van der Waals surface area (Å²) in [5.41, 5.74) is 0.994. The Morgan fingerprint density at radius 3 is 2.75 bits per heavy atom. The van der Waals surface area contributed by atoms with Gasteiger partial charge in [0.1, 0.15) is 0 Å². The second-order valence-corrected chi connectivity index (χ2v) is 4.00. The van der Waals surface area contributed by atoms with E-state index in [2.05, 4.69) is 18.9 Å². The zero-order valence-corrected chi connectivity index (χ0v) is 10.0. The molecule has 1 rings (SSSR count). The van der Waals surface area contributed by atoms with Gasteiger partial charge in [-0.05, 0) is 31.7 Å². The highest BCUT2D eigenvalue weighted by Gasteiger charge is 2.07. The summed E-state index contributed by atoms with van der Waals surface area (Å²) in [5.74, 6) is -0.737. The van der Waals surface area contributed by atoms with Crippen LogP contribution in [-0.4, -0.2) is 20.9 Å². The second kappa shape index (κ2) is 6.30. The highest BCUT2D eigenvalue weighted by Crippen LogP contribution is 2.15. The van der Waals surface area contributed by atoms with Crippen LogP contribution >= 0.6 is 0 Å². The zero-order chi connectivity index (χ0) is 12.0. The Balaban J connectivity index is 2.47. The van der Waals surface area contributed by atoms with Crippen LogP contribution in [0.1, 0.15) is 51.3 Å². The van der Waals surface area contributed by atoms with Gasteiger partial charge in [0.05, 0.1) is 11.7 Å². The predicted molar refractivity (Wildman–Crippen MR) is 62.4 cm³/mol. The molecule has 1 heterocycles. The van der Waals surface area contributed by atoms with Crippen molar-refractivity contribution in [3.8, 4) is 0 Å². The number of nitrogens with zero attached hydrogens (tertiary/aromatic N) is 2. The molecule has 1 aromatic rings. The number of aliphatic carboxylic acids is 1. The van der Waals surface area contributed by atoms with Gasteiger partial charge >= 0.3 is 5.97 Å². The first-order valence-electron chi connectivity index (χ1n) is 5.93. The van der Waals surface area contributed by atoms with Crippen molar-refractivity contribution in [3.05, 3.63) is 18.0 Å². The lowest BCUT2D eigenvalue weighted by Gasteiger charge is -2.12. The van der Waals surface area contributed by atoms with Crippen LogP contribution in [0.4, 0.5) is 0 Å². The summed E-state index contributed by atoms with van der Waals surface area (Å²) in [6.07, 6.45) is 5.78. The van der Waals surface area contributed by atoms with Gasteiger partial charge in [0.25, 0.3) is 0 Å². The van der Waals surface area contributed by atoms with Crippen LogP contribution in [0.15, 0.2) is 12.3 Å². The van der Waals surface area contributed by atoms with Crippen molar-refractivity contribution >= 4 is 5.97 Å². The van der Waals surface area contributed by atoms with Gasteiger partial charge in [-0.3, -0.25) is 9.48 Å². The summed E-state index contributed by atoms with van der Waals surface area (Å²) in [6.45, 7) is 4.31. The topological polar surface area (TPSA) is 55.1 Å². The molecule has 1 aromatic heterocycles. The number of hydrogen-bond donors (Lipinski definition) is 1. The molecule has 0 saturated heterocycles. The quantitative estimate of drug-likeness (QED) is 0.774. The number of carbonyl (C=O) groups is 1. The van der Waals surface area contributed by atoms with Crippen molar-refractivity contribution in [1.29, 1.82) is 0 Å². The fourth-order valence-electron chi connectivity index (χ4n) is 1.80. The molecule has 4 nitrogen and oxygen atoms in total. The Kier molecular flexibility index (Phi) is 5.02. The minimum Gasteiger partial charge on any atom is -0.481 e. The van der Waals surface area contributed by atoms with Gasteiger partial charge in [-0.15, -0.1) is 0 Å². The van der Waals surface area contributed by atoms with Crippen LogP contribution in [0.2, 0.25) is 0 Å². The van der Waals surface area contributed by atoms with Crippen LogP contribution in [0.25, 0.3) is 0 Å². The van der Waals surface area contributed by atoms with E-state index in [-0.39, 0.29) is 6.42 Å². The Hall–Kier alpha value is -1.32. The number of rotatable bonds is 7. The molecule has 0 unspecified atom stereocenters. The average Bonchev–Trinajstić information content (AvgIpc) is 2.68. The van der Waals surface area contributed by atoms with Crippen molar-refractivity contribution in [2.24, 2.45) is 0 Å². The Bertz CT molecular complexity index is 330. The predicted octanol–water partition coefficient (Wildman–Crippen LogP) is 2.65. The van der Waals surface area contributed by atoms with Crippen molar-refractivity contribution in [2.75, 3.05) is 0 Å². The van der Waals surface area contributed by atoms with E-state index in [1.807, 2.05) is 16.9 Å². The lowest BCUT2D eigenvalue weighted by molar-refractivity contribution is -0.137. The van der Waals surface area contributed by atoms with Crippen LogP contribution in [0.3, 0.4) is 0 Å². The third-order valence-corrected chi connectivity index (χ3v) is 2.80. The SMILES string of the molecule is CCC(CC)n1ccc(CCCC(=O)O)n1. The maximum atomic E-state index is 10.4. The number of carboxylic acids is 1. The van der Waals surface area contributed by atoms with Crippen molar-refractivity contribution in [3.63, 3.8) is 0 Å². The lowest BCUT2D eigenvalue weighted by atomic mass is 10.2. The van der Waals surface area contributed by atoms with Gasteiger partial charge in [0.15, 0.2) is 0 Å². The summed E-state index contributed by atoms with van der Waals surface area (Å²) < 4.78 is 2.00. The minimum absolute atomic E-state index is 0.220. The maximum Gasteiger partial charge on any atom is 0.303 e. The molecule has 4 heteroatoms. The standard InChI is InChI=1S/C12H20N2O2/c1-3-11(4-2)14-9-8-10(13-14)6-5-7-12(15)16/h8-9,11H,3-7H2,1-2H3,(H,15,16). The summed E-state index contributed by atoms with van der Waals surface area (Å²) >= 11 is 0. The van der Waals surface area contributed by atoms with Crippen molar-refractivity contribution in [1.82, 2.24) is 9.78 Å². The lowest BCUT2D eigenvalue weighted by Crippen LogP contribution is -2.08. The van der Waals surface area contributed by atoms with E-state index >= 15 is 0 Å². The summed E-state index contributed by atoms with van der Waals surface area (Å²) in [4.78, 5) is 10.4. The van der Waals surface area contributed by atoms with E-state index < -0.39 is 5.97 Å². The summed E-state index contributed by atoms with van der Waals surface area (Å²) in [7, 11) is 0. The van der Waals surface area contributed by atoms with Gasteiger partial charge in [-0.1, -0.05) is 13.8 Å². The first-order chi connectivity index (χ1) is 7.67. The molecule has 0 saturated carbocycles. The third-order valence-electron chi connectivity index (χ3n) is 2.80. The van der Waals surface area contributed by atoms with Crippen LogP contribution in [-0.2, 0) is 11.2 Å². The normalized spacial score (nSPS) is 10.9. The van der Waals surface area contributed by atoms with Crippen LogP contribution in [0, 0.1) is 0 Å². The molecule has 0 fully saturated rings. The molecular weight excluding hydrogens is 204 g/mol. The minimum atomic E-state index is -0.737. The van der Waals surface area contributed by atoms with Crippen LogP contribution in [0.5, 0.6) is 0 Å². The van der Waals surface area contributed by atoms with Gasteiger partial charge in [-0.25, -0.2) is 0 Å². The number of hydrogen-bond acceptors (Lipinski definition) is 2. The van der Waals surface area contributed by atoms with E-state index in [0.29, 0.717) is 12.5 Å². The molecule has 0 bridgehead atoms. The van der Waals surface area contributed by atoms with Crippen molar-refractivity contribution < 1.29 is 9.90 Å². The highest BCUT2D eigenvalue weighted by molar-refractivity contribution is 5.66. The molecule has 0 aliphatic carbocycles. The second-order valence-electron chi connectivity index (χ2n) is 4.00. The molecule has 0 atom stereocenters. The van der Waals surface area contributed by atoms with E-state index in [1.165, 1.54) is 0 Å². The van der Waals surface area contributed by atoms with E-state index in [4.69, 9.17) is 5.11 Å². The molecule has 0 aliphatic heterocycles. The molecule has 90 valence electrons. The van der Waals surface area contributed by atoms with Gasteiger partial charge < -0.3 is 5.11 Å². The van der Waals surface area contributed by atoms with Crippen LogP contribution < -0.4 is 0 Å². The fourth-order valence-corrected chi connectivity index (χ4v) is 1.80. The summed E-state index contributed by atoms with van der Waals surface area (Å²) in [5, 5.41) is 13.0. The molecule has 0 aromatic carbocycles. The Labute approximate surface area is 96.3 Å². The number of carboxylic acid groups (broad SMARTS) is 1.